The maximum absolute atomic E-state index is 12.7. The standard InChI is InChI=1S/C21H20N4O3S/c1-13-6-7-18(28-2)17(9-13)25-11-14(10-19(25)26)20(27)24-21-23-16(12-29-21)15-5-3-4-8-22-15/h3-9,12,14H,10-11H2,1-2H3,(H,23,24,27). The molecule has 3 heterocycles. The number of nitrogens with zero attached hydrogens (tertiary/aromatic N) is 3. The van der Waals surface area contributed by atoms with Crippen LogP contribution in [-0.2, 0) is 9.59 Å². The lowest BCUT2D eigenvalue weighted by Gasteiger charge is -2.20. The summed E-state index contributed by atoms with van der Waals surface area (Å²) in [5.74, 6) is -0.142. The fourth-order valence-electron chi connectivity index (χ4n) is 3.30. The number of hydrogen-bond acceptors (Lipinski definition) is 6. The van der Waals surface area contributed by atoms with E-state index in [0.29, 0.717) is 28.8 Å². The molecule has 3 aromatic rings. The molecule has 1 atom stereocenters. The van der Waals surface area contributed by atoms with Gasteiger partial charge in [0.05, 0.1) is 24.4 Å². The van der Waals surface area contributed by atoms with Crippen LogP contribution in [0.3, 0.4) is 0 Å². The average molecular weight is 408 g/mol. The molecule has 0 bridgehead atoms. The van der Waals surface area contributed by atoms with E-state index < -0.39 is 5.92 Å². The topological polar surface area (TPSA) is 84.4 Å². The van der Waals surface area contributed by atoms with Gasteiger partial charge in [-0.2, -0.15) is 0 Å². The number of carbonyl (C=O) groups excluding carboxylic acids is 2. The Kier molecular flexibility index (Phi) is 5.26. The van der Waals surface area contributed by atoms with Crippen LogP contribution < -0.4 is 15.0 Å². The van der Waals surface area contributed by atoms with Crippen molar-refractivity contribution in [2.75, 3.05) is 23.9 Å². The number of methoxy groups -OCH3 is 1. The fourth-order valence-corrected chi connectivity index (χ4v) is 4.00. The van der Waals surface area contributed by atoms with Crippen LogP contribution in [0.15, 0.2) is 48.0 Å². The highest BCUT2D eigenvalue weighted by Crippen LogP contribution is 2.34. The molecule has 1 aliphatic rings. The van der Waals surface area contributed by atoms with Gasteiger partial charge in [0.15, 0.2) is 5.13 Å². The van der Waals surface area contributed by atoms with Crippen molar-refractivity contribution in [2.24, 2.45) is 5.92 Å². The summed E-state index contributed by atoms with van der Waals surface area (Å²) in [4.78, 5) is 35.6. The van der Waals surface area contributed by atoms with Gasteiger partial charge < -0.3 is 15.0 Å². The van der Waals surface area contributed by atoms with Crippen molar-refractivity contribution in [1.82, 2.24) is 9.97 Å². The van der Waals surface area contributed by atoms with Gasteiger partial charge in [-0.3, -0.25) is 14.6 Å². The second-order valence-electron chi connectivity index (χ2n) is 6.82. The summed E-state index contributed by atoms with van der Waals surface area (Å²) in [7, 11) is 1.57. The maximum Gasteiger partial charge on any atom is 0.231 e. The number of aryl methyl sites for hydroxylation is 1. The Bertz CT molecular complexity index is 1050. The van der Waals surface area contributed by atoms with Crippen LogP contribution >= 0.6 is 11.3 Å². The second kappa shape index (κ2) is 8.00. The van der Waals surface area contributed by atoms with E-state index in [1.165, 1.54) is 11.3 Å². The largest absolute Gasteiger partial charge is 0.495 e. The number of amides is 2. The number of carbonyl (C=O) groups is 2. The molecule has 8 heteroatoms. The van der Waals surface area contributed by atoms with Crippen molar-refractivity contribution in [3.8, 4) is 17.1 Å². The molecular weight excluding hydrogens is 388 g/mol. The van der Waals surface area contributed by atoms with E-state index in [1.54, 1.807) is 18.2 Å². The zero-order valence-corrected chi connectivity index (χ0v) is 16.9. The third-order valence-corrected chi connectivity index (χ3v) is 5.54. The molecule has 2 aromatic heterocycles. The van der Waals surface area contributed by atoms with Crippen molar-refractivity contribution >= 4 is 34.0 Å². The highest BCUT2D eigenvalue weighted by molar-refractivity contribution is 7.14. The molecule has 1 fully saturated rings. The molecule has 0 aliphatic carbocycles. The first-order valence-corrected chi connectivity index (χ1v) is 10.1. The Labute approximate surface area is 172 Å². The normalized spacial score (nSPS) is 16.1. The van der Waals surface area contributed by atoms with E-state index in [9.17, 15) is 9.59 Å². The quantitative estimate of drug-likeness (QED) is 0.698. The Hall–Kier alpha value is -3.26. The molecule has 1 N–H and O–H groups in total. The number of hydrogen-bond donors (Lipinski definition) is 1. The number of aromatic nitrogens is 2. The summed E-state index contributed by atoms with van der Waals surface area (Å²) in [5, 5.41) is 5.18. The van der Waals surface area contributed by atoms with Crippen molar-refractivity contribution < 1.29 is 14.3 Å². The zero-order valence-electron chi connectivity index (χ0n) is 16.1. The van der Waals surface area contributed by atoms with E-state index in [0.717, 1.165) is 11.3 Å². The number of anilines is 2. The summed E-state index contributed by atoms with van der Waals surface area (Å²) in [6, 6.07) is 11.2. The van der Waals surface area contributed by atoms with Gasteiger partial charge in [-0.15, -0.1) is 11.3 Å². The molecule has 148 valence electrons. The minimum Gasteiger partial charge on any atom is -0.495 e. The molecule has 1 aromatic carbocycles. The molecule has 0 saturated carbocycles. The van der Waals surface area contributed by atoms with E-state index in [2.05, 4.69) is 15.3 Å². The minimum absolute atomic E-state index is 0.0950. The van der Waals surface area contributed by atoms with Crippen LogP contribution in [-0.4, -0.2) is 35.4 Å². The van der Waals surface area contributed by atoms with Crippen molar-refractivity contribution in [3.63, 3.8) is 0 Å². The van der Waals surface area contributed by atoms with Crippen LogP contribution in [0, 0.1) is 12.8 Å². The summed E-state index contributed by atoms with van der Waals surface area (Å²) in [5.41, 5.74) is 3.17. The number of thiazole rings is 1. The van der Waals surface area contributed by atoms with E-state index in [-0.39, 0.29) is 18.2 Å². The third-order valence-electron chi connectivity index (χ3n) is 4.78. The SMILES string of the molecule is COc1ccc(C)cc1N1CC(C(=O)Nc2nc(-c3ccccn3)cs2)CC1=O. The Morgan fingerprint density at radius 1 is 1.28 bits per heavy atom. The lowest BCUT2D eigenvalue weighted by Crippen LogP contribution is -2.28. The summed E-state index contributed by atoms with van der Waals surface area (Å²) in [6.07, 6.45) is 1.85. The predicted molar refractivity (Wildman–Crippen MR) is 112 cm³/mol. The molecule has 4 rings (SSSR count). The number of nitrogens with one attached hydrogen (secondary N) is 1. The first kappa shape index (κ1) is 19.1. The minimum atomic E-state index is -0.449. The first-order valence-electron chi connectivity index (χ1n) is 9.18. The van der Waals surface area contributed by atoms with Crippen molar-refractivity contribution in [3.05, 3.63) is 53.5 Å². The summed E-state index contributed by atoms with van der Waals surface area (Å²) >= 11 is 1.34. The first-order chi connectivity index (χ1) is 14.0. The monoisotopic (exact) mass is 408 g/mol. The van der Waals surface area contributed by atoms with Crippen LogP contribution in [0.25, 0.3) is 11.4 Å². The summed E-state index contributed by atoms with van der Waals surface area (Å²) < 4.78 is 5.39. The summed E-state index contributed by atoms with van der Waals surface area (Å²) in [6.45, 7) is 2.26. The van der Waals surface area contributed by atoms with Gasteiger partial charge in [0, 0.05) is 24.5 Å². The van der Waals surface area contributed by atoms with Gasteiger partial charge in [0.1, 0.15) is 11.4 Å². The van der Waals surface area contributed by atoms with Gasteiger partial charge in [-0.1, -0.05) is 12.1 Å². The van der Waals surface area contributed by atoms with Gasteiger partial charge in [0.2, 0.25) is 11.8 Å². The maximum atomic E-state index is 12.7. The van der Waals surface area contributed by atoms with E-state index >= 15 is 0 Å². The molecular formula is C21H20N4O3S. The molecule has 2 amide bonds. The number of ether oxygens (including phenoxy) is 1. The highest BCUT2D eigenvalue weighted by atomic mass is 32.1. The fraction of sp³-hybridized carbons (Fsp3) is 0.238. The average Bonchev–Trinajstić information content (AvgIpc) is 3.35. The third kappa shape index (κ3) is 3.97. The molecule has 0 spiro atoms. The smallest absolute Gasteiger partial charge is 0.231 e. The lowest BCUT2D eigenvalue weighted by molar-refractivity contribution is -0.122. The number of pyridine rings is 1. The second-order valence-corrected chi connectivity index (χ2v) is 7.68. The van der Waals surface area contributed by atoms with Crippen molar-refractivity contribution in [2.45, 2.75) is 13.3 Å². The van der Waals surface area contributed by atoms with Gasteiger partial charge >= 0.3 is 0 Å². The molecule has 0 radical (unpaired) electrons. The van der Waals surface area contributed by atoms with Crippen molar-refractivity contribution in [1.29, 1.82) is 0 Å². The van der Waals surface area contributed by atoms with E-state index in [4.69, 9.17) is 4.74 Å². The molecule has 1 unspecified atom stereocenters. The Morgan fingerprint density at radius 2 is 2.14 bits per heavy atom. The molecule has 29 heavy (non-hydrogen) atoms. The van der Waals surface area contributed by atoms with Crippen LogP contribution in [0.4, 0.5) is 10.8 Å². The number of benzene rings is 1. The zero-order chi connectivity index (χ0) is 20.4. The van der Waals surface area contributed by atoms with Crippen LogP contribution in [0.2, 0.25) is 0 Å². The molecule has 7 nitrogen and oxygen atoms in total. The van der Waals surface area contributed by atoms with Gasteiger partial charge in [-0.05, 0) is 36.8 Å². The highest BCUT2D eigenvalue weighted by Gasteiger charge is 2.36. The predicted octanol–water partition coefficient (Wildman–Crippen LogP) is 3.51. The van der Waals surface area contributed by atoms with E-state index in [1.807, 2.05) is 48.7 Å². The van der Waals surface area contributed by atoms with Gasteiger partial charge in [0.25, 0.3) is 0 Å². The Balaban J connectivity index is 1.46. The van der Waals surface area contributed by atoms with Crippen LogP contribution in [0.1, 0.15) is 12.0 Å². The molecule has 1 saturated heterocycles. The van der Waals surface area contributed by atoms with Gasteiger partial charge in [-0.25, -0.2) is 4.98 Å². The Morgan fingerprint density at radius 3 is 2.90 bits per heavy atom. The molecule has 1 aliphatic heterocycles. The lowest BCUT2D eigenvalue weighted by atomic mass is 10.1. The van der Waals surface area contributed by atoms with Crippen LogP contribution in [0.5, 0.6) is 5.75 Å². The number of rotatable bonds is 5.